The SMILES string of the molecule is Nc1cccc2c1C(=O)N([C@H]1CCC(=O)NC1=O)C2.O=S(=O)(O)O. The first-order valence-electron chi connectivity index (χ1n) is 6.80. The average molecular weight is 357 g/mol. The molecule has 0 saturated carbocycles. The first-order chi connectivity index (χ1) is 11.1. The van der Waals surface area contributed by atoms with Gasteiger partial charge in [-0.05, 0) is 18.1 Å². The number of nitrogens with one attached hydrogen (secondary N) is 1. The summed E-state index contributed by atoms with van der Waals surface area (Å²) in [6.45, 7) is 0.367. The fourth-order valence-electron chi connectivity index (χ4n) is 2.64. The Balaban J connectivity index is 0.000000368. The van der Waals surface area contributed by atoms with Gasteiger partial charge in [0.1, 0.15) is 6.04 Å². The van der Waals surface area contributed by atoms with E-state index in [1.54, 1.807) is 12.1 Å². The van der Waals surface area contributed by atoms with Gasteiger partial charge in [0.05, 0.1) is 5.56 Å². The summed E-state index contributed by atoms with van der Waals surface area (Å²) >= 11 is 0. The molecule has 0 aliphatic carbocycles. The third-order valence-corrected chi connectivity index (χ3v) is 3.58. The van der Waals surface area contributed by atoms with Crippen molar-refractivity contribution < 1.29 is 31.9 Å². The predicted octanol–water partition coefficient (Wildman–Crippen LogP) is -0.623. The molecule has 130 valence electrons. The van der Waals surface area contributed by atoms with Crippen LogP contribution in [0.15, 0.2) is 18.2 Å². The number of nitrogens with two attached hydrogens (primary N) is 1. The second kappa shape index (κ2) is 6.55. The lowest BCUT2D eigenvalue weighted by Gasteiger charge is -2.29. The number of carbonyl (C=O) groups excluding carboxylic acids is 3. The number of fused-ring (bicyclic) bond motifs is 1. The molecule has 2 heterocycles. The van der Waals surface area contributed by atoms with E-state index < -0.39 is 22.3 Å². The Kier molecular flexibility index (Phi) is 4.87. The van der Waals surface area contributed by atoms with E-state index >= 15 is 0 Å². The van der Waals surface area contributed by atoms with Crippen LogP contribution in [0.4, 0.5) is 5.69 Å². The molecule has 3 rings (SSSR count). The Labute approximate surface area is 137 Å². The molecule has 1 aromatic carbocycles. The summed E-state index contributed by atoms with van der Waals surface area (Å²) in [5, 5.41) is 2.27. The molecule has 0 unspecified atom stereocenters. The Morgan fingerprint density at radius 1 is 1.21 bits per heavy atom. The maximum Gasteiger partial charge on any atom is 0.394 e. The van der Waals surface area contributed by atoms with Crippen molar-refractivity contribution in [2.75, 3.05) is 5.73 Å². The topological polar surface area (TPSA) is 167 Å². The summed E-state index contributed by atoms with van der Waals surface area (Å²) in [6, 6.07) is 4.70. The number of anilines is 1. The van der Waals surface area contributed by atoms with Crippen molar-refractivity contribution in [1.82, 2.24) is 10.2 Å². The third kappa shape index (κ3) is 4.07. The van der Waals surface area contributed by atoms with Crippen LogP contribution in [0.1, 0.15) is 28.8 Å². The van der Waals surface area contributed by atoms with Crippen molar-refractivity contribution in [2.45, 2.75) is 25.4 Å². The Morgan fingerprint density at radius 2 is 1.83 bits per heavy atom. The van der Waals surface area contributed by atoms with Crippen LogP contribution in [-0.4, -0.2) is 46.2 Å². The number of hydrogen-bond acceptors (Lipinski definition) is 6. The van der Waals surface area contributed by atoms with Gasteiger partial charge in [-0.25, -0.2) is 0 Å². The lowest BCUT2D eigenvalue weighted by molar-refractivity contribution is -0.136. The monoisotopic (exact) mass is 357 g/mol. The molecular formula is C13H15N3O7S. The number of benzene rings is 1. The summed E-state index contributed by atoms with van der Waals surface area (Å²) < 4.78 is 31.6. The van der Waals surface area contributed by atoms with E-state index in [2.05, 4.69) is 5.32 Å². The molecule has 11 heteroatoms. The number of nitrogen functional groups attached to an aromatic ring is 1. The molecule has 1 aromatic rings. The molecule has 0 aromatic heterocycles. The zero-order chi connectivity index (χ0) is 18.1. The summed E-state index contributed by atoms with van der Waals surface area (Å²) in [4.78, 5) is 36.8. The summed E-state index contributed by atoms with van der Waals surface area (Å²) in [6.07, 6.45) is 0.621. The van der Waals surface area contributed by atoms with Crippen LogP contribution in [-0.2, 0) is 26.5 Å². The summed E-state index contributed by atoms with van der Waals surface area (Å²) in [7, 11) is -4.67. The van der Waals surface area contributed by atoms with E-state index in [0.717, 1.165) is 5.56 Å². The van der Waals surface area contributed by atoms with Crippen molar-refractivity contribution >= 4 is 33.8 Å². The van der Waals surface area contributed by atoms with Crippen LogP contribution in [0.25, 0.3) is 0 Å². The summed E-state index contributed by atoms with van der Waals surface area (Å²) in [5.41, 5.74) is 7.54. The van der Waals surface area contributed by atoms with Crippen LogP contribution >= 0.6 is 0 Å². The van der Waals surface area contributed by atoms with Crippen molar-refractivity contribution in [2.24, 2.45) is 0 Å². The minimum atomic E-state index is -4.67. The van der Waals surface area contributed by atoms with E-state index in [0.29, 0.717) is 24.2 Å². The molecule has 3 amide bonds. The number of carbonyl (C=O) groups is 3. The lowest BCUT2D eigenvalue weighted by Crippen LogP contribution is -2.52. The smallest absolute Gasteiger partial charge is 0.394 e. The van der Waals surface area contributed by atoms with E-state index in [1.165, 1.54) is 4.90 Å². The van der Waals surface area contributed by atoms with Gasteiger partial charge in [-0.1, -0.05) is 12.1 Å². The molecule has 24 heavy (non-hydrogen) atoms. The Bertz CT molecular complexity index is 798. The molecule has 1 fully saturated rings. The highest BCUT2D eigenvalue weighted by atomic mass is 32.3. The first kappa shape index (κ1) is 17.8. The van der Waals surface area contributed by atoms with Crippen molar-refractivity contribution in [3.8, 4) is 0 Å². The normalized spacial score (nSPS) is 20.2. The van der Waals surface area contributed by atoms with Crippen LogP contribution in [0.5, 0.6) is 0 Å². The molecule has 1 saturated heterocycles. The van der Waals surface area contributed by atoms with Crippen LogP contribution in [0, 0.1) is 0 Å². The van der Waals surface area contributed by atoms with Gasteiger partial charge in [0, 0.05) is 18.7 Å². The van der Waals surface area contributed by atoms with Gasteiger partial charge in [0.2, 0.25) is 11.8 Å². The highest BCUT2D eigenvalue weighted by Crippen LogP contribution is 2.30. The molecule has 5 N–H and O–H groups in total. The third-order valence-electron chi connectivity index (χ3n) is 3.58. The largest absolute Gasteiger partial charge is 0.398 e. The number of hydrogen-bond donors (Lipinski definition) is 4. The fraction of sp³-hybridized carbons (Fsp3) is 0.308. The van der Waals surface area contributed by atoms with E-state index in [4.69, 9.17) is 23.3 Å². The molecule has 2 aliphatic heterocycles. The van der Waals surface area contributed by atoms with Gasteiger partial charge in [-0.2, -0.15) is 8.42 Å². The molecule has 1 atom stereocenters. The van der Waals surface area contributed by atoms with Crippen LogP contribution in [0.3, 0.4) is 0 Å². The van der Waals surface area contributed by atoms with E-state index in [9.17, 15) is 14.4 Å². The molecule has 0 spiro atoms. The standard InChI is InChI=1S/C13H13N3O3.H2O4S/c14-8-3-1-2-7-6-16(13(19)11(7)8)9-4-5-10(17)15-12(9)18;1-5(2,3)4/h1-3,9H,4-6,14H2,(H,15,17,18);(H2,1,2,3,4)/t9-;/m0./s1. The predicted molar refractivity (Wildman–Crippen MR) is 81.1 cm³/mol. The number of rotatable bonds is 1. The Morgan fingerprint density at radius 3 is 2.38 bits per heavy atom. The molecule has 0 bridgehead atoms. The minimum absolute atomic E-state index is 0.234. The average Bonchev–Trinajstić information content (AvgIpc) is 2.75. The first-order valence-corrected chi connectivity index (χ1v) is 8.19. The summed E-state index contributed by atoms with van der Waals surface area (Å²) in [5.74, 6) is -0.927. The van der Waals surface area contributed by atoms with Crippen molar-refractivity contribution in [3.63, 3.8) is 0 Å². The Hall–Kier alpha value is -2.50. The van der Waals surface area contributed by atoms with Crippen molar-refractivity contribution in [1.29, 1.82) is 0 Å². The number of nitrogens with zero attached hydrogens (tertiary/aromatic N) is 1. The lowest BCUT2D eigenvalue weighted by atomic mass is 10.0. The maximum atomic E-state index is 12.3. The zero-order valence-corrected chi connectivity index (χ0v) is 13.1. The molecule has 2 aliphatic rings. The van der Waals surface area contributed by atoms with Gasteiger partial charge < -0.3 is 10.6 Å². The van der Waals surface area contributed by atoms with Gasteiger partial charge in [-0.15, -0.1) is 0 Å². The number of piperidine rings is 1. The van der Waals surface area contributed by atoms with Gasteiger partial charge in [0.15, 0.2) is 0 Å². The van der Waals surface area contributed by atoms with Crippen LogP contribution in [0.2, 0.25) is 0 Å². The minimum Gasteiger partial charge on any atom is -0.398 e. The van der Waals surface area contributed by atoms with Crippen molar-refractivity contribution in [3.05, 3.63) is 29.3 Å². The molecule has 0 radical (unpaired) electrons. The highest BCUT2D eigenvalue weighted by molar-refractivity contribution is 7.79. The van der Waals surface area contributed by atoms with Gasteiger partial charge >= 0.3 is 10.4 Å². The fourth-order valence-corrected chi connectivity index (χ4v) is 2.64. The van der Waals surface area contributed by atoms with Gasteiger partial charge in [-0.3, -0.25) is 28.8 Å². The van der Waals surface area contributed by atoms with Crippen LogP contribution < -0.4 is 11.1 Å². The maximum absolute atomic E-state index is 12.3. The quantitative estimate of drug-likeness (QED) is 0.293. The molecule has 10 nitrogen and oxygen atoms in total. The molecular weight excluding hydrogens is 342 g/mol. The zero-order valence-electron chi connectivity index (χ0n) is 12.3. The van der Waals surface area contributed by atoms with E-state index in [1.807, 2.05) is 6.07 Å². The highest BCUT2D eigenvalue weighted by Gasteiger charge is 2.39. The van der Waals surface area contributed by atoms with E-state index in [-0.39, 0.29) is 18.2 Å². The second-order valence-electron chi connectivity index (χ2n) is 5.23. The van der Waals surface area contributed by atoms with Gasteiger partial charge in [0.25, 0.3) is 5.91 Å². The number of imide groups is 1. The number of amides is 3. The second-order valence-corrected chi connectivity index (χ2v) is 6.12.